The quantitative estimate of drug-likeness (QED) is 0.0946. The maximum absolute atomic E-state index is 14.3. The van der Waals surface area contributed by atoms with Gasteiger partial charge in [-0.3, -0.25) is 4.79 Å². The van der Waals surface area contributed by atoms with E-state index in [1.807, 2.05) is 6.07 Å². The number of benzene rings is 2. The molecule has 0 saturated heterocycles. The van der Waals surface area contributed by atoms with E-state index in [4.69, 9.17) is 9.47 Å². The molecule has 0 N–H and O–H groups in total. The average Bonchev–Trinajstić information content (AvgIpc) is 3.40. The van der Waals surface area contributed by atoms with Crippen LogP contribution in [0.3, 0.4) is 0 Å². The highest BCUT2D eigenvalue weighted by Crippen LogP contribution is 2.34. The van der Waals surface area contributed by atoms with Gasteiger partial charge in [0.1, 0.15) is 22.7 Å². The fourth-order valence-electron chi connectivity index (χ4n) is 3.98. The van der Waals surface area contributed by atoms with Crippen molar-refractivity contribution >= 4 is 22.9 Å². The number of aryl methyl sites for hydroxylation is 1. The Morgan fingerprint density at radius 1 is 1.10 bits per heavy atom. The zero-order valence-electron chi connectivity index (χ0n) is 23.6. The van der Waals surface area contributed by atoms with Crippen molar-refractivity contribution in [1.29, 1.82) is 5.26 Å². The molecule has 1 heterocycles. The number of halogens is 5. The number of alkyl halides is 3. The number of hydrogen-bond acceptors (Lipinski definition) is 6. The summed E-state index contributed by atoms with van der Waals surface area (Å²) < 4.78 is 80.7. The molecule has 0 radical (unpaired) electrons. The fraction of sp³-hybridized carbons (Fsp3) is 0.387. The van der Waals surface area contributed by atoms with E-state index in [1.165, 1.54) is 35.7 Å². The lowest BCUT2D eigenvalue weighted by Crippen LogP contribution is -2.30. The molecular formula is C31H31F5N2O3S. The first kappa shape index (κ1) is 32.9. The number of carbonyl (C=O) groups excluding carboxylic acids is 1. The summed E-state index contributed by atoms with van der Waals surface area (Å²) in [6, 6.07) is 10.7. The van der Waals surface area contributed by atoms with Crippen molar-refractivity contribution in [3.8, 4) is 17.3 Å². The van der Waals surface area contributed by atoms with Gasteiger partial charge in [0.2, 0.25) is 6.29 Å². The van der Waals surface area contributed by atoms with Crippen LogP contribution in [0.5, 0.6) is 0 Å². The number of aromatic nitrogens is 1. The topological polar surface area (TPSA) is 72.2 Å². The third-order valence-corrected chi connectivity index (χ3v) is 7.14. The van der Waals surface area contributed by atoms with Gasteiger partial charge in [0.25, 0.3) is 0 Å². The van der Waals surface area contributed by atoms with E-state index < -0.39 is 47.0 Å². The third-order valence-electron chi connectivity index (χ3n) is 6.26. The highest BCUT2D eigenvalue weighted by atomic mass is 32.1. The summed E-state index contributed by atoms with van der Waals surface area (Å²) in [6.45, 7) is 6.77. The van der Waals surface area contributed by atoms with Crippen molar-refractivity contribution in [2.45, 2.75) is 59.4 Å². The highest BCUT2D eigenvalue weighted by molar-refractivity contribution is 7.11. The highest BCUT2D eigenvalue weighted by Gasteiger charge is 2.33. The second-order valence-corrected chi connectivity index (χ2v) is 11.5. The van der Waals surface area contributed by atoms with E-state index >= 15 is 0 Å². The Morgan fingerprint density at radius 3 is 2.36 bits per heavy atom. The monoisotopic (exact) mass is 606 g/mol. The molecule has 42 heavy (non-hydrogen) atoms. The molecule has 5 nitrogen and oxygen atoms in total. The van der Waals surface area contributed by atoms with Crippen molar-refractivity contribution in [1.82, 2.24) is 4.98 Å². The lowest BCUT2D eigenvalue weighted by Gasteiger charge is -2.24. The van der Waals surface area contributed by atoms with Crippen LogP contribution >= 0.6 is 11.3 Å². The van der Waals surface area contributed by atoms with E-state index in [1.54, 1.807) is 27.7 Å². The predicted molar refractivity (Wildman–Crippen MR) is 150 cm³/mol. The molecule has 0 aliphatic carbocycles. The molecule has 0 spiro atoms. The molecule has 2 aromatic carbocycles. The smallest absolute Gasteiger partial charge is 0.416 e. The van der Waals surface area contributed by atoms with Crippen LogP contribution in [0.2, 0.25) is 0 Å². The third kappa shape index (κ3) is 8.69. The number of rotatable bonds is 11. The van der Waals surface area contributed by atoms with Crippen LogP contribution in [-0.2, 0) is 26.9 Å². The number of ether oxygens (including phenoxy) is 2. The SMILES string of the molecule is CCC(OCC(/C=C(/C#N)c1nc(-c2c(F)cccc2F)cs1)CCc1ccccc1C(F)(F)F)OC(=O)C(C)(C)C. The zero-order chi connectivity index (χ0) is 31.1. The van der Waals surface area contributed by atoms with Crippen molar-refractivity contribution in [2.75, 3.05) is 6.61 Å². The van der Waals surface area contributed by atoms with Gasteiger partial charge in [0, 0.05) is 17.7 Å². The Labute approximate surface area is 245 Å². The summed E-state index contributed by atoms with van der Waals surface area (Å²) in [5.74, 6) is -2.69. The summed E-state index contributed by atoms with van der Waals surface area (Å²) in [5.41, 5.74) is -1.69. The zero-order valence-corrected chi connectivity index (χ0v) is 24.4. The molecule has 1 aromatic heterocycles. The average molecular weight is 607 g/mol. The number of nitrogens with zero attached hydrogens (tertiary/aromatic N) is 2. The van der Waals surface area contributed by atoms with Gasteiger partial charge in [-0.1, -0.05) is 37.3 Å². The van der Waals surface area contributed by atoms with E-state index in [9.17, 15) is 32.0 Å². The van der Waals surface area contributed by atoms with Crippen molar-refractivity contribution in [3.05, 3.63) is 81.7 Å². The summed E-state index contributed by atoms with van der Waals surface area (Å²) in [7, 11) is 0. The molecule has 3 aromatic rings. The van der Waals surface area contributed by atoms with Gasteiger partial charge in [0.15, 0.2) is 0 Å². The molecule has 3 rings (SSSR count). The van der Waals surface area contributed by atoms with Crippen LogP contribution in [0.25, 0.3) is 16.8 Å². The van der Waals surface area contributed by atoms with Crippen molar-refractivity contribution in [3.63, 3.8) is 0 Å². The number of nitriles is 1. The van der Waals surface area contributed by atoms with Crippen LogP contribution in [0.1, 0.15) is 56.7 Å². The molecule has 11 heteroatoms. The Morgan fingerprint density at radius 2 is 1.76 bits per heavy atom. The minimum Gasteiger partial charge on any atom is -0.435 e. The fourth-order valence-corrected chi connectivity index (χ4v) is 4.77. The molecular weight excluding hydrogens is 575 g/mol. The summed E-state index contributed by atoms with van der Waals surface area (Å²) in [5, 5.41) is 11.5. The Hall–Kier alpha value is -3.62. The van der Waals surface area contributed by atoms with Crippen molar-refractivity contribution < 1.29 is 36.2 Å². The van der Waals surface area contributed by atoms with Gasteiger partial charge in [-0.2, -0.15) is 18.4 Å². The Kier molecular flexibility index (Phi) is 11.0. The number of esters is 1. The minimum absolute atomic E-state index is 0.0128. The molecule has 0 amide bonds. The van der Waals surface area contributed by atoms with Gasteiger partial charge in [-0.25, -0.2) is 13.8 Å². The number of allylic oxidation sites excluding steroid dienone is 1. The predicted octanol–water partition coefficient (Wildman–Crippen LogP) is 8.61. The summed E-state index contributed by atoms with van der Waals surface area (Å²) >= 11 is 1.00. The van der Waals surface area contributed by atoms with Gasteiger partial charge >= 0.3 is 12.1 Å². The Bertz CT molecular complexity index is 1430. The number of thiazole rings is 1. The lowest BCUT2D eigenvalue weighted by atomic mass is 9.95. The second-order valence-electron chi connectivity index (χ2n) is 10.6. The molecule has 0 aliphatic heterocycles. The normalized spacial score (nSPS) is 13.9. The molecule has 0 fully saturated rings. The van der Waals surface area contributed by atoms with Gasteiger partial charge in [-0.05, 0) is 57.4 Å². The largest absolute Gasteiger partial charge is 0.435 e. The standard InChI is InChI=1S/C31H31F5N2O3S/c1-5-26(41-29(39)30(2,3)4)40-17-19(13-14-20-9-6-7-10-22(20)31(34,35)36)15-21(16-37)28-38-25(18-42-28)27-23(32)11-8-12-24(27)33/h6-12,15,18-19,26H,5,13-14,17H2,1-4H3/b21-15-. The van der Waals surface area contributed by atoms with E-state index in [-0.39, 0.29) is 46.9 Å². The van der Waals surface area contributed by atoms with Crippen molar-refractivity contribution in [2.24, 2.45) is 11.3 Å². The van der Waals surface area contributed by atoms with Crippen LogP contribution in [-0.4, -0.2) is 23.9 Å². The first-order chi connectivity index (χ1) is 19.7. The van der Waals surface area contributed by atoms with E-state index in [0.29, 0.717) is 6.42 Å². The van der Waals surface area contributed by atoms with Crippen LogP contribution in [0.15, 0.2) is 53.9 Å². The van der Waals surface area contributed by atoms with Crippen LogP contribution < -0.4 is 0 Å². The maximum Gasteiger partial charge on any atom is 0.416 e. The van der Waals surface area contributed by atoms with Crippen LogP contribution in [0.4, 0.5) is 22.0 Å². The van der Waals surface area contributed by atoms with E-state index in [2.05, 4.69) is 4.98 Å². The summed E-state index contributed by atoms with van der Waals surface area (Å²) in [4.78, 5) is 16.6. The lowest BCUT2D eigenvalue weighted by molar-refractivity contribution is -0.189. The number of hydrogen-bond donors (Lipinski definition) is 0. The number of carbonyl (C=O) groups is 1. The molecule has 0 aliphatic rings. The molecule has 0 bridgehead atoms. The van der Waals surface area contributed by atoms with E-state index in [0.717, 1.165) is 29.5 Å². The minimum atomic E-state index is -4.54. The van der Waals surface area contributed by atoms with Gasteiger partial charge in [0.05, 0.1) is 34.4 Å². The first-order valence-corrected chi connectivity index (χ1v) is 14.1. The molecule has 0 saturated carbocycles. The first-order valence-electron chi connectivity index (χ1n) is 13.2. The maximum atomic E-state index is 14.3. The molecule has 2 unspecified atom stereocenters. The van der Waals surface area contributed by atoms with Crippen LogP contribution in [0, 0.1) is 34.3 Å². The summed E-state index contributed by atoms with van der Waals surface area (Å²) in [6.07, 6.45) is -3.43. The second kappa shape index (κ2) is 14.0. The van der Waals surface area contributed by atoms with Gasteiger partial charge in [-0.15, -0.1) is 11.3 Å². The van der Waals surface area contributed by atoms with Gasteiger partial charge < -0.3 is 9.47 Å². The molecule has 2 atom stereocenters. The molecule has 224 valence electrons. The Balaban J connectivity index is 1.90.